The Balaban J connectivity index is 1.51. The summed E-state index contributed by atoms with van der Waals surface area (Å²) < 4.78 is 13.2. The number of aromatic nitrogens is 2. The van der Waals surface area contributed by atoms with E-state index in [0.29, 0.717) is 5.92 Å². The zero-order valence-corrected chi connectivity index (χ0v) is 14.1. The van der Waals surface area contributed by atoms with Gasteiger partial charge in [-0.3, -0.25) is 0 Å². The van der Waals surface area contributed by atoms with Gasteiger partial charge in [0.05, 0.1) is 12.1 Å². The summed E-state index contributed by atoms with van der Waals surface area (Å²) >= 11 is 0. The number of rotatable bonds is 4. The fourth-order valence-electron chi connectivity index (χ4n) is 3.71. The summed E-state index contributed by atoms with van der Waals surface area (Å²) in [5.74, 6) is 1.04. The quantitative estimate of drug-likeness (QED) is 0.884. The second kappa shape index (κ2) is 6.86. The average Bonchev–Trinajstić information content (AvgIpc) is 3.33. The van der Waals surface area contributed by atoms with Crippen LogP contribution in [0, 0.1) is 11.7 Å². The van der Waals surface area contributed by atoms with Crippen molar-refractivity contribution in [1.82, 2.24) is 20.2 Å². The molecule has 1 aromatic heterocycles. The number of carbonyl (C=O) groups excluding carboxylic acids is 1. The Morgan fingerprint density at radius 1 is 1.24 bits per heavy atom. The molecule has 2 amide bonds. The third-order valence-electron chi connectivity index (χ3n) is 5.20. The van der Waals surface area contributed by atoms with Crippen LogP contribution in [0.25, 0.3) is 0 Å². The summed E-state index contributed by atoms with van der Waals surface area (Å²) in [6.45, 7) is 0.734. The molecule has 6 heteroatoms. The van der Waals surface area contributed by atoms with Gasteiger partial charge in [0.25, 0.3) is 0 Å². The highest BCUT2D eigenvalue weighted by molar-refractivity contribution is 5.75. The molecular formula is C19H23FN4O. The molecule has 2 aromatic rings. The van der Waals surface area contributed by atoms with Gasteiger partial charge >= 0.3 is 6.03 Å². The highest BCUT2D eigenvalue weighted by Gasteiger charge is 2.36. The molecule has 5 nitrogen and oxygen atoms in total. The molecule has 1 saturated carbocycles. The van der Waals surface area contributed by atoms with Gasteiger partial charge < -0.3 is 15.2 Å². The number of hydrogen-bond donors (Lipinski definition) is 2. The van der Waals surface area contributed by atoms with E-state index in [-0.39, 0.29) is 23.9 Å². The third kappa shape index (κ3) is 3.52. The van der Waals surface area contributed by atoms with Crippen LogP contribution >= 0.6 is 0 Å². The number of imidazole rings is 1. The van der Waals surface area contributed by atoms with Crippen molar-refractivity contribution in [3.05, 3.63) is 53.9 Å². The molecule has 1 saturated heterocycles. The second-order valence-corrected chi connectivity index (χ2v) is 7.00. The van der Waals surface area contributed by atoms with Gasteiger partial charge in [0.15, 0.2) is 0 Å². The topological polar surface area (TPSA) is 61.0 Å². The van der Waals surface area contributed by atoms with E-state index >= 15 is 0 Å². The van der Waals surface area contributed by atoms with Crippen LogP contribution in [0.3, 0.4) is 0 Å². The van der Waals surface area contributed by atoms with Gasteiger partial charge in [0.2, 0.25) is 0 Å². The fraction of sp³-hybridized carbons (Fsp3) is 0.474. The zero-order chi connectivity index (χ0) is 17.2. The molecule has 25 heavy (non-hydrogen) atoms. The largest absolute Gasteiger partial charge is 0.347 e. The Morgan fingerprint density at radius 2 is 2.04 bits per heavy atom. The lowest BCUT2D eigenvalue weighted by Crippen LogP contribution is -2.46. The predicted molar refractivity (Wildman–Crippen MR) is 92.3 cm³/mol. The van der Waals surface area contributed by atoms with Crippen molar-refractivity contribution in [2.45, 2.75) is 44.2 Å². The van der Waals surface area contributed by atoms with Gasteiger partial charge in [-0.25, -0.2) is 14.2 Å². The van der Waals surface area contributed by atoms with Crippen molar-refractivity contribution >= 4 is 6.03 Å². The summed E-state index contributed by atoms with van der Waals surface area (Å²) in [5.41, 5.74) is 0.976. The summed E-state index contributed by atoms with van der Waals surface area (Å²) in [4.78, 5) is 22.4. The van der Waals surface area contributed by atoms with Crippen LogP contribution in [0.1, 0.15) is 55.6 Å². The van der Waals surface area contributed by atoms with Crippen molar-refractivity contribution in [2.24, 2.45) is 5.92 Å². The van der Waals surface area contributed by atoms with Crippen molar-refractivity contribution in [3.63, 3.8) is 0 Å². The van der Waals surface area contributed by atoms with E-state index in [1.807, 2.05) is 4.90 Å². The number of hydrogen-bond acceptors (Lipinski definition) is 2. The molecule has 2 heterocycles. The van der Waals surface area contributed by atoms with Crippen LogP contribution in [0.15, 0.2) is 36.7 Å². The minimum absolute atomic E-state index is 0.00294. The van der Waals surface area contributed by atoms with E-state index in [1.54, 1.807) is 24.5 Å². The molecule has 0 bridgehead atoms. The minimum Gasteiger partial charge on any atom is -0.347 e. The van der Waals surface area contributed by atoms with Gasteiger partial charge in [-0.2, -0.15) is 0 Å². The Morgan fingerprint density at radius 3 is 2.72 bits per heavy atom. The van der Waals surface area contributed by atoms with Crippen molar-refractivity contribution in [2.75, 3.05) is 6.54 Å². The average molecular weight is 342 g/mol. The lowest BCUT2D eigenvalue weighted by atomic mass is 10.0. The van der Waals surface area contributed by atoms with E-state index < -0.39 is 0 Å². The first-order valence-corrected chi connectivity index (χ1v) is 9.04. The molecule has 1 aliphatic heterocycles. The number of piperidine rings is 1. The van der Waals surface area contributed by atoms with Gasteiger partial charge in [-0.15, -0.1) is 0 Å². The van der Waals surface area contributed by atoms with Gasteiger partial charge in [-0.05, 0) is 55.7 Å². The Hall–Kier alpha value is -2.37. The predicted octanol–water partition coefficient (Wildman–Crippen LogP) is 3.94. The highest BCUT2D eigenvalue weighted by atomic mass is 19.1. The first kappa shape index (κ1) is 16.1. The maximum atomic E-state index is 13.2. The molecule has 2 fully saturated rings. The normalized spacial score (nSPS) is 21.8. The number of halogens is 1. The molecule has 132 valence electrons. The standard InChI is InChI=1S/C19H23FN4O/c20-15-8-6-14(7-9-15)17(13-4-5-13)23-19(25)24-12-2-1-3-16(24)18-21-10-11-22-18/h6-11,13,16-17H,1-5,12H2,(H,21,22)(H,23,25)/t16-,17-/m1/s1. The molecule has 4 rings (SSSR count). The Bertz CT molecular complexity index is 712. The monoisotopic (exact) mass is 342 g/mol. The molecule has 2 aliphatic rings. The van der Waals surface area contributed by atoms with Crippen molar-refractivity contribution in [1.29, 1.82) is 0 Å². The maximum absolute atomic E-state index is 13.2. The first-order chi connectivity index (χ1) is 12.2. The zero-order valence-electron chi connectivity index (χ0n) is 14.1. The van der Waals surface area contributed by atoms with E-state index in [1.165, 1.54) is 12.1 Å². The molecule has 1 aliphatic carbocycles. The Kier molecular flexibility index (Phi) is 4.42. The number of urea groups is 1. The van der Waals surface area contributed by atoms with Crippen molar-refractivity contribution in [3.8, 4) is 0 Å². The van der Waals surface area contributed by atoms with E-state index in [9.17, 15) is 9.18 Å². The number of carbonyl (C=O) groups is 1. The first-order valence-electron chi connectivity index (χ1n) is 9.04. The molecular weight excluding hydrogens is 319 g/mol. The van der Waals surface area contributed by atoms with E-state index in [4.69, 9.17) is 0 Å². The Labute approximate surface area is 146 Å². The SMILES string of the molecule is O=C(N[C@@H](c1ccc(F)cc1)C1CC1)N1CCCC[C@@H]1c1ncc[nH]1. The van der Waals surface area contributed by atoms with E-state index in [0.717, 1.165) is 50.0 Å². The molecule has 1 aromatic carbocycles. The molecule has 0 spiro atoms. The van der Waals surface area contributed by atoms with Crippen LogP contribution in [-0.2, 0) is 0 Å². The second-order valence-electron chi connectivity index (χ2n) is 7.00. The van der Waals surface area contributed by atoms with Crippen LogP contribution in [-0.4, -0.2) is 27.4 Å². The van der Waals surface area contributed by atoms with Gasteiger partial charge in [0.1, 0.15) is 11.6 Å². The van der Waals surface area contributed by atoms with Crippen molar-refractivity contribution < 1.29 is 9.18 Å². The maximum Gasteiger partial charge on any atom is 0.318 e. The number of amides is 2. The lowest BCUT2D eigenvalue weighted by Gasteiger charge is -2.35. The fourth-order valence-corrected chi connectivity index (χ4v) is 3.71. The van der Waals surface area contributed by atoms with Crippen LogP contribution < -0.4 is 5.32 Å². The number of H-pyrrole nitrogens is 1. The minimum atomic E-state index is -0.251. The number of nitrogens with one attached hydrogen (secondary N) is 2. The van der Waals surface area contributed by atoms with Crippen LogP contribution in [0.5, 0.6) is 0 Å². The molecule has 0 radical (unpaired) electrons. The summed E-state index contributed by atoms with van der Waals surface area (Å²) in [7, 11) is 0. The number of aromatic amines is 1. The molecule has 2 atom stereocenters. The smallest absolute Gasteiger partial charge is 0.318 e. The number of likely N-dealkylation sites (tertiary alicyclic amines) is 1. The van der Waals surface area contributed by atoms with Gasteiger partial charge in [0, 0.05) is 18.9 Å². The number of benzene rings is 1. The summed E-state index contributed by atoms with van der Waals surface area (Å²) in [6.07, 6.45) is 8.75. The molecule has 2 N–H and O–H groups in total. The summed E-state index contributed by atoms with van der Waals surface area (Å²) in [5, 5.41) is 3.20. The third-order valence-corrected chi connectivity index (χ3v) is 5.20. The van der Waals surface area contributed by atoms with E-state index in [2.05, 4.69) is 15.3 Å². The van der Waals surface area contributed by atoms with Gasteiger partial charge in [-0.1, -0.05) is 12.1 Å². The molecule has 0 unspecified atom stereocenters. The highest BCUT2D eigenvalue weighted by Crippen LogP contribution is 2.41. The summed E-state index contributed by atoms with van der Waals surface area (Å²) in [6, 6.07) is 6.37. The number of nitrogens with zero attached hydrogens (tertiary/aromatic N) is 2. The van der Waals surface area contributed by atoms with Crippen LogP contribution in [0.2, 0.25) is 0 Å². The lowest BCUT2D eigenvalue weighted by molar-refractivity contribution is 0.144. The van der Waals surface area contributed by atoms with Crippen LogP contribution in [0.4, 0.5) is 9.18 Å².